The Kier molecular flexibility index (Phi) is 7.34. The maximum atomic E-state index is 13.2. The van der Waals surface area contributed by atoms with E-state index in [0.29, 0.717) is 37.6 Å². The van der Waals surface area contributed by atoms with E-state index in [1.54, 1.807) is 17.0 Å². The molecular weight excluding hydrogens is 432 g/mol. The normalized spacial score (nSPS) is 20.8. The SMILES string of the molecule is Cc1ccc(C(O)=C2C(=O)C(=O)N(CCN3CCOCC3)[C@@H]2c2ccc(OC(C)C)cc2)cc1. The molecular formula is C27H32N2O5. The molecule has 2 aliphatic heterocycles. The summed E-state index contributed by atoms with van der Waals surface area (Å²) in [5.41, 5.74) is 2.43. The van der Waals surface area contributed by atoms with Crippen molar-refractivity contribution >= 4 is 17.4 Å². The number of aliphatic hydroxyl groups excluding tert-OH is 1. The molecule has 0 unspecified atom stereocenters. The monoisotopic (exact) mass is 464 g/mol. The molecule has 0 bridgehead atoms. The van der Waals surface area contributed by atoms with Crippen molar-refractivity contribution in [2.24, 2.45) is 0 Å². The van der Waals surface area contributed by atoms with Crippen molar-refractivity contribution in [1.82, 2.24) is 9.80 Å². The number of amides is 1. The fourth-order valence-corrected chi connectivity index (χ4v) is 4.40. The fraction of sp³-hybridized carbons (Fsp3) is 0.407. The molecule has 7 nitrogen and oxygen atoms in total. The highest BCUT2D eigenvalue weighted by Crippen LogP contribution is 2.39. The molecule has 2 aromatic carbocycles. The van der Waals surface area contributed by atoms with Gasteiger partial charge in [-0.2, -0.15) is 0 Å². The van der Waals surface area contributed by atoms with Crippen LogP contribution in [0.15, 0.2) is 54.1 Å². The number of nitrogens with zero attached hydrogens (tertiary/aromatic N) is 2. The molecule has 180 valence electrons. The van der Waals surface area contributed by atoms with Gasteiger partial charge in [-0.1, -0.05) is 42.0 Å². The highest BCUT2D eigenvalue weighted by molar-refractivity contribution is 6.46. The molecule has 2 saturated heterocycles. The van der Waals surface area contributed by atoms with Crippen LogP contribution in [0.4, 0.5) is 0 Å². The zero-order valence-corrected chi connectivity index (χ0v) is 20.0. The number of ether oxygens (including phenoxy) is 2. The second-order valence-electron chi connectivity index (χ2n) is 9.05. The molecule has 4 rings (SSSR count). The van der Waals surface area contributed by atoms with Crippen LogP contribution in [0, 0.1) is 6.92 Å². The molecule has 0 aromatic heterocycles. The number of rotatable bonds is 7. The molecule has 2 aliphatic rings. The van der Waals surface area contributed by atoms with Gasteiger partial charge in [0, 0.05) is 31.7 Å². The first kappa shape index (κ1) is 24.0. The number of aryl methyl sites for hydroxylation is 1. The topological polar surface area (TPSA) is 79.3 Å². The van der Waals surface area contributed by atoms with Crippen LogP contribution >= 0.6 is 0 Å². The van der Waals surface area contributed by atoms with Crippen LogP contribution < -0.4 is 4.74 Å². The van der Waals surface area contributed by atoms with Crippen LogP contribution in [0.25, 0.3) is 5.76 Å². The minimum Gasteiger partial charge on any atom is -0.507 e. The number of carbonyl (C=O) groups excluding carboxylic acids is 2. The smallest absolute Gasteiger partial charge is 0.295 e. The third-order valence-corrected chi connectivity index (χ3v) is 6.19. The van der Waals surface area contributed by atoms with Gasteiger partial charge in [0.2, 0.25) is 0 Å². The Labute approximate surface area is 200 Å². The standard InChI is InChI=1S/C27H32N2O5/c1-18(2)34-22-10-8-20(9-11-22)24-23(25(30)21-6-4-19(3)5-7-21)26(31)27(32)29(24)13-12-28-14-16-33-17-15-28/h4-11,18,24,30H,12-17H2,1-3H3/t24-/m1/s1. The Morgan fingerprint density at radius 2 is 1.68 bits per heavy atom. The average Bonchev–Trinajstić information content (AvgIpc) is 3.08. The summed E-state index contributed by atoms with van der Waals surface area (Å²) in [5, 5.41) is 11.2. The van der Waals surface area contributed by atoms with Crippen LogP contribution in [0.1, 0.15) is 36.6 Å². The van der Waals surface area contributed by atoms with Crippen LogP contribution in [-0.2, 0) is 14.3 Å². The largest absolute Gasteiger partial charge is 0.507 e. The highest BCUT2D eigenvalue weighted by atomic mass is 16.5. The summed E-state index contributed by atoms with van der Waals surface area (Å²) in [4.78, 5) is 30.1. The van der Waals surface area contributed by atoms with E-state index in [-0.39, 0.29) is 17.4 Å². The summed E-state index contributed by atoms with van der Waals surface area (Å²) in [6, 6.07) is 14.0. The van der Waals surface area contributed by atoms with Crippen LogP contribution in [0.2, 0.25) is 0 Å². The summed E-state index contributed by atoms with van der Waals surface area (Å²) in [5.74, 6) is -0.690. The summed E-state index contributed by atoms with van der Waals surface area (Å²) in [7, 11) is 0. The maximum Gasteiger partial charge on any atom is 0.295 e. The second kappa shape index (κ2) is 10.4. The lowest BCUT2D eigenvalue weighted by Crippen LogP contribution is -2.42. The molecule has 0 radical (unpaired) electrons. The quantitative estimate of drug-likeness (QED) is 0.384. The van der Waals surface area contributed by atoms with E-state index in [1.165, 1.54) is 0 Å². The van der Waals surface area contributed by atoms with Crippen LogP contribution in [0.5, 0.6) is 5.75 Å². The molecule has 2 aromatic rings. The predicted octanol–water partition coefficient (Wildman–Crippen LogP) is 3.54. The number of hydrogen-bond acceptors (Lipinski definition) is 6. The van der Waals surface area contributed by atoms with E-state index < -0.39 is 17.7 Å². The number of benzene rings is 2. The first-order chi connectivity index (χ1) is 16.3. The van der Waals surface area contributed by atoms with Crippen molar-refractivity contribution in [3.05, 3.63) is 70.8 Å². The lowest BCUT2D eigenvalue weighted by atomic mass is 9.95. The molecule has 1 atom stereocenters. The van der Waals surface area contributed by atoms with E-state index in [1.807, 2.05) is 57.2 Å². The molecule has 1 N–H and O–H groups in total. The molecule has 2 fully saturated rings. The van der Waals surface area contributed by atoms with Gasteiger partial charge in [0.15, 0.2) is 0 Å². The van der Waals surface area contributed by atoms with Gasteiger partial charge < -0.3 is 19.5 Å². The summed E-state index contributed by atoms with van der Waals surface area (Å²) in [6.07, 6.45) is 0.0338. The Morgan fingerprint density at radius 1 is 1.03 bits per heavy atom. The molecule has 0 saturated carbocycles. The molecule has 34 heavy (non-hydrogen) atoms. The van der Waals surface area contributed by atoms with Crippen LogP contribution in [0.3, 0.4) is 0 Å². The number of ketones is 1. The molecule has 7 heteroatoms. The number of aliphatic hydroxyl groups is 1. The molecule has 0 aliphatic carbocycles. The fourth-order valence-electron chi connectivity index (χ4n) is 4.40. The third-order valence-electron chi connectivity index (χ3n) is 6.19. The summed E-state index contributed by atoms with van der Waals surface area (Å²) in [6.45, 7) is 9.77. The Bertz CT molecular complexity index is 1050. The number of carbonyl (C=O) groups is 2. The average molecular weight is 465 g/mol. The minimum atomic E-state index is -0.671. The zero-order valence-electron chi connectivity index (χ0n) is 20.0. The Morgan fingerprint density at radius 3 is 2.29 bits per heavy atom. The van der Waals surface area contributed by atoms with Crippen molar-refractivity contribution < 1.29 is 24.2 Å². The van der Waals surface area contributed by atoms with Crippen molar-refractivity contribution in [3.63, 3.8) is 0 Å². The van der Waals surface area contributed by atoms with E-state index in [9.17, 15) is 14.7 Å². The number of likely N-dealkylation sites (tertiary alicyclic amines) is 1. The Balaban J connectivity index is 1.71. The van der Waals surface area contributed by atoms with E-state index in [2.05, 4.69) is 4.90 Å². The number of Topliss-reactive ketones (excluding diaryl/α,β-unsaturated/α-hetero) is 1. The van der Waals surface area contributed by atoms with E-state index in [4.69, 9.17) is 9.47 Å². The highest BCUT2D eigenvalue weighted by Gasteiger charge is 2.46. The molecule has 1 amide bonds. The number of morpholine rings is 1. The van der Waals surface area contributed by atoms with E-state index >= 15 is 0 Å². The lowest BCUT2D eigenvalue weighted by molar-refractivity contribution is -0.140. The predicted molar refractivity (Wildman–Crippen MR) is 130 cm³/mol. The third kappa shape index (κ3) is 5.16. The van der Waals surface area contributed by atoms with Crippen LogP contribution in [-0.4, -0.2) is 72.1 Å². The van der Waals surface area contributed by atoms with Crippen molar-refractivity contribution in [2.45, 2.75) is 32.9 Å². The molecule has 0 spiro atoms. The lowest BCUT2D eigenvalue weighted by Gasteiger charge is -2.31. The van der Waals surface area contributed by atoms with Gasteiger partial charge in [-0.25, -0.2) is 0 Å². The molecule has 2 heterocycles. The maximum absolute atomic E-state index is 13.2. The van der Waals surface area contributed by atoms with Gasteiger partial charge in [-0.15, -0.1) is 0 Å². The van der Waals surface area contributed by atoms with Gasteiger partial charge in [0.05, 0.1) is 30.9 Å². The van der Waals surface area contributed by atoms with Gasteiger partial charge in [-0.3, -0.25) is 14.5 Å². The first-order valence-electron chi connectivity index (χ1n) is 11.8. The zero-order chi connectivity index (χ0) is 24.2. The van der Waals surface area contributed by atoms with Crippen molar-refractivity contribution in [2.75, 3.05) is 39.4 Å². The summed E-state index contributed by atoms with van der Waals surface area (Å²) >= 11 is 0. The first-order valence-corrected chi connectivity index (χ1v) is 11.8. The van der Waals surface area contributed by atoms with Crippen molar-refractivity contribution in [1.29, 1.82) is 0 Å². The minimum absolute atomic E-state index is 0.0338. The van der Waals surface area contributed by atoms with Gasteiger partial charge in [0.25, 0.3) is 11.7 Å². The second-order valence-corrected chi connectivity index (χ2v) is 9.05. The van der Waals surface area contributed by atoms with Crippen molar-refractivity contribution in [3.8, 4) is 5.75 Å². The van der Waals surface area contributed by atoms with Gasteiger partial charge >= 0.3 is 0 Å². The summed E-state index contributed by atoms with van der Waals surface area (Å²) < 4.78 is 11.2. The van der Waals surface area contributed by atoms with Gasteiger partial charge in [-0.05, 0) is 38.5 Å². The van der Waals surface area contributed by atoms with E-state index in [0.717, 1.165) is 24.2 Å². The number of hydrogen-bond donors (Lipinski definition) is 1. The van der Waals surface area contributed by atoms with Gasteiger partial charge in [0.1, 0.15) is 11.5 Å². The Hall–Kier alpha value is -3.16.